The predicted octanol–water partition coefficient (Wildman–Crippen LogP) is 3.34. The van der Waals surface area contributed by atoms with Crippen LogP contribution in [0.1, 0.15) is 44.5 Å². The van der Waals surface area contributed by atoms with E-state index in [4.69, 9.17) is 5.73 Å². The van der Waals surface area contributed by atoms with Crippen molar-refractivity contribution in [2.45, 2.75) is 34.1 Å². The highest BCUT2D eigenvalue weighted by atomic mass is 16.1. The van der Waals surface area contributed by atoms with Gasteiger partial charge in [0.25, 0.3) is 0 Å². The van der Waals surface area contributed by atoms with Crippen LogP contribution in [0.15, 0.2) is 18.2 Å². The van der Waals surface area contributed by atoms with E-state index in [1.165, 1.54) is 6.42 Å². The summed E-state index contributed by atoms with van der Waals surface area (Å²) in [7, 11) is 0. The first kappa shape index (κ1) is 13.9. The van der Waals surface area contributed by atoms with Gasteiger partial charge in [0.15, 0.2) is 5.78 Å². The largest absolute Gasteiger partial charge is 0.398 e. The van der Waals surface area contributed by atoms with Gasteiger partial charge in [-0.15, -0.1) is 0 Å². The maximum atomic E-state index is 11.6. The van der Waals surface area contributed by atoms with Crippen molar-refractivity contribution < 1.29 is 4.79 Å². The van der Waals surface area contributed by atoms with Gasteiger partial charge in [-0.25, -0.2) is 0 Å². The highest BCUT2D eigenvalue weighted by Crippen LogP contribution is 2.36. The van der Waals surface area contributed by atoms with Crippen LogP contribution < -0.4 is 10.6 Å². The molecule has 3 heteroatoms. The number of rotatable bonds is 2. The van der Waals surface area contributed by atoms with E-state index in [0.29, 0.717) is 22.6 Å². The highest BCUT2D eigenvalue weighted by Gasteiger charge is 2.31. The van der Waals surface area contributed by atoms with Crippen LogP contribution in [-0.2, 0) is 0 Å². The van der Waals surface area contributed by atoms with Crippen molar-refractivity contribution >= 4 is 17.2 Å². The number of anilines is 2. The summed E-state index contributed by atoms with van der Waals surface area (Å²) in [5.74, 6) is 0.733. The number of hydrogen-bond donors (Lipinski definition) is 1. The third-order valence-electron chi connectivity index (χ3n) is 4.19. The number of Topliss-reactive ketones (excluding diaryl/α,β-unsaturated/α-hetero) is 1. The Kier molecular flexibility index (Phi) is 3.57. The van der Waals surface area contributed by atoms with Crippen LogP contribution in [-0.4, -0.2) is 18.9 Å². The fourth-order valence-corrected chi connectivity index (χ4v) is 2.75. The molecule has 1 aliphatic rings. The molecule has 0 saturated carbocycles. The summed E-state index contributed by atoms with van der Waals surface area (Å²) < 4.78 is 0. The van der Waals surface area contributed by atoms with Crippen molar-refractivity contribution in [1.29, 1.82) is 0 Å². The summed E-state index contributed by atoms with van der Waals surface area (Å²) in [5.41, 5.74) is 8.51. The Morgan fingerprint density at radius 2 is 2.05 bits per heavy atom. The zero-order chi connectivity index (χ0) is 14.2. The molecule has 1 aromatic rings. The smallest absolute Gasteiger partial charge is 0.161 e. The molecule has 1 fully saturated rings. The van der Waals surface area contributed by atoms with Gasteiger partial charge in [-0.2, -0.15) is 0 Å². The zero-order valence-corrected chi connectivity index (χ0v) is 12.4. The SMILES string of the molecule is CC(=O)c1cc(N2CCC(C(C)(C)C)C2)ccc1N. The molecule has 0 bridgehead atoms. The van der Waals surface area contributed by atoms with Crippen molar-refractivity contribution in [1.82, 2.24) is 0 Å². The molecule has 0 aromatic heterocycles. The van der Waals surface area contributed by atoms with E-state index in [0.717, 1.165) is 18.8 Å². The maximum Gasteiger partial charge on any atom is 0.161 e. The average Bonchev–Trinajstić information content (AvgIpc) is 2.78. The van der Waals surface area contributed by atoms with Gasteiger partial charge in [-0.05, 0) is 42.9 Å². The molecular formula is C16H24N2O. The standard InChI is InChI=1S/C16H24N2O/c1-11(19)14-9-13(5-6-15(14)17)18-8-7-12(10-18)16(2,3)4/h5-6,9,12H,7-8,10,17H2,1-4H3. The van der Waals surface area contributed by atoms with E-state index in [9.17, 15) is 4.79 Å². The molecule has 19 heavy (non-hydrogen) atoms. The second-order valence-electron chi connectivity index (χ2n) is 6.63. The molecule has 2 rings (SSSR count). The molecular weight excluding hydrogens is 236 g/mol. The van der Waals surface area contributed by atoms with Gasteiger partial charge in [0.2, 0.25) is 0 Å². The number of nitrogen functional groups attached to an aromatic ring is 1. The lowest BCUT2D eigenvalue weighted by Crippen LogP contribution is -2.25. The Morgan fingerprint density at radius 1 is 1.37 bits per heavy atom. The number of nitrogens with two attached hydrogens (primary N) is 1. The second kappa shape index (κ2) is 4.87. The average molecular weight is 260 g/mol. The minimum atomic E-state index is 0.0333. The molecule has 3 nitrogen and oxygen atoms in total. The highest BCUT2D eigenvalue weighted by molar-refractivity contribution is 6.00. The number of carbonyl (C=O) groups excluding carboxylic acids is 1. The van der Waals surface area contributed by atoms with Crippen LogP contribution >= 0.6 is 0 Å². The van der Waals surface area contributed by atoms with Crippen molar-refractivity contribution in [2.75, 3.05) is 23.7 Å². The van der Waals surface area contributed by atoms with Crippen LogP contribution in [0.4, 0.5) is 11.4 Å². The Labute approximate surface area is 115 Å². The normalized spacial score (nSPS) is 19.8. The van der Waals surface area contributed by atoms with Crippen molar-refractivity contribution in [3.05, 3.63) is 23.8 Å². The van der Waals surface area contributed by atoms with E-state index in [2.05, 4.69) is 25.7 Å². The number of benzene rings is 1. The summed E-state index contributed by atoms with van der Waals surface area (Å²) in [5, 5.41) is 0. The molecule has 104 valence electrons. The van der Waals surface area contributed by atoms with E-state index < -0.39 is 0 Å². The van der Waals surface area contributed by atoms with Crippen LogP contribution in [0.25, 0.3) is 0 Å². The van der Waals surface area contributed by atoms with Gasteiger partial charge in [-0.3, -0.25) is 4.79 Å². The third-order valence-corrected chi connectivity index (χ3v) is 4.19. The van der Waals surface area contributed by atoms with Gasteiger partial charge >= 0.3 is 0 Å². The van der Waals surface area contributed by atoms with Crippen molar-refractivity contribution in [3.63, 3.8) is 0 Å². The lowest BCUT2D eigenvalue weighted by molar-refractivity contribution is 0.101. The van der Waals surface area contributed by atoms with Crippen molar-refractivity contribution in [3.8, 4) is 0 Å². The number of hydrogen-bond acceptors (Lipinski definition) is 3. The lowest BCUT2D eigenvalue weighted by Gasteiger charge is -2.27. The summed E-state index contributed by atoms with van der Waals surface area (Å²) in [6.45, 7) is 10.6. The first-order valence-electron chi connectivity index (χ1n) is 6.94. The van der Waals surface area contributed by atoms with Crippen LogP contribution in [0.5, 0.6) is 0 Å². The maximum absolute atomic E-state index is 11.6. The summed E-state index contributed by atoms with van der Waals surface area (Å²) in [4.78, 5) is 13.9. The quantitative estimate of drug-likeness (QED) is 0.655. The number of ketones is 1. The summed E-state index contributed by atoms with van der Waals surface area (Å²) >= 11 is 0. The third kappa shape index (κ3) is 2.91. The molecule has 1 saturated heterocycles. The van der Waals surface area contributed by atoms with E-state index >= 15 is 0 Å². The van der Waals surface area contributed by atoms with E-state index in [-0.39, 0.29) is 5.78 Å². The Morgan fingerprint density at radius 3 is 2.58 bits per heavy atom. The molecule has 1 atom stereocenters. The van der Waals surface area contributed by atoms with Gasteiger partial charge < -0.3 is 10.6 Å². The fourth-order valence-electron chi connectivity index (χ4n) is 2.75. The molecule has 1 aromatic carbocycles. The van der Waals surface area contributed by atoms with E-state index in [1.54, 1.807) is 6.92 Å². The second-order valence-corrected chi connectivity index (χ2v) is 6.63. The lowest BCUT2D eigenvalue weighted by atomic mass is 9.80. The fraction of sp³-hybridized carbons (Fsp3) is 0.562. The monoisotopic (exact) mass is 260 g/mol. The van der Waals surface area contributed by atoms with E-state index in [1.807, 2.05) is 18.2 Å². The number of nitrogens with zero attached hydrogens (tertiary/aromatic N) is 1. The summed E-state index contributed by atoms with van der Waals surface area (Å²) in [6, 6.07) is 5.80. The molecule has 1 aliphatic heterocycles. The van der Waals surface area contributed by atoms with Gasteiger partial charge in [-0.1, -0.05) is 20.8 Å². The molecule has 0 aliphatic carbocycles. The van der Waals surface area contributed by atoms with Gasteiger partial charge in [0.1, 0.15) is 0 Å². The van der Waals surface area contributed by atoms with Gasteiger partial charge in [0.05, 0.1) is 0 Å². The minimum Gasteiger partial charge on any atom is -0.398 e. The molecule has 0 spiro atoms. The van der Waals surface area contributed by atoms with Crippen molar-refractivity contribution in [2.24, 2.45) is 11.3 Å². The molecule has 0 radical (unpaired) electrons. The summed E-state index contributed by atoms with van der Waals surface area (Å²) in [6.07, 6.45) is 1.21. The van der Waals surface area contributed by atoms with Crippen LogP contribution in [0, 0.1) is 11.3 Å². The Bertz CT molecular complexity index is 488. The molecule has 1 heterocycles. The minimum absolute atomic E-state index is 0.0333. The van der Waals surface area contributed by atoms with Crippen LogP contribution in [0.3, 0.4) is 0 Å². The zero-order valence-electron chi connectivity index (χ0n) is 12.4. The Hall–Kier alpha value is -1.51. The topological polar surface area (TPSA) is 46.3 Å². The first-order chi connectivity index (χ1) is 8.79. The van der Waals surface area contributed by atoms with Gasteiger partial charge in [0, 0.05) is 30.0 Å². The molecule has 1 unspecified atom stereocenters. The van der Waals surface area contributed by atoms with Crippen LogP contribution in [0.2, 0.25) is 0 Å². The molecule has 0 amide bonds. The Balaban J connectivity index is 2.20. The predicted molar refractivity (Wildman–Crippen MR) is 80.6 cm³/mol. The number of carbonyl (C=O) groups is 1. The first-order valence-corrected chi connectivity index (χ1v) is 6.94. The molecule has 2 N–H and O–H groups in total.